The van der Waals surface area contributed by atoms with Gasteiger partial charge in [0.05, 0.1) is 26.9 Å². The number of thiocarbonyl (C=S) groups is 1. The van der Waals surface area contributed by atoms with Crippen molar-refractivity contribution in [2.24, 2.45) is 0 Å². The Morgan fingerprint density at radius 3 is 2.40 bits per heavy atom. The molecule has 3 aromatic rings. The Morgan fingerprint density at radius 2 is 1.77 bits per heavy atom. The summed E-state index contributed by atoms with van der Waals surface area (Å²) < 4.78 is 28.4. The monoisotopic (exact) mass is 526 g/mol. The normalized spacial score (nSPS) is 15.5. The van der Waals surface area contributed by atoms with Gasteiger partial charge in [-0.05, 0) is 42.8 Å². The van der Waals surface area contributed by atoms with E-state index in [1.807, 2.05) is 42.5 Å². The molecule has 0 atom stereocenters. The molecule has 1 aliphatic rings. The van der Waals surface area contributed by atoms with E-state index >= 15 is 0 Å². The van der Waals surface area contributed by atoms with E-state index in [0.29, 0.717) is 21.5 Å². The molecular weight excluding hydrogens is 501 g/mol. The zero-order chi connectivity index (χ0) is 25.2. The summed E-state index contributed by atoms with van der Waals surface area (Å²) >= 11 is 6.74. The molecule has 0 radical (unpaired) electrons. The predicted octanol–water partition coefficient (Wildman–Crippen LogP) is 4.79. The maximum absolute atomic E-state index is 13.0. The van der Waals surface area contributed by atoms with Crippen molar-refractivity contribution in [3.63, 3.8) is 0 Å². The summed E-state index contributed by atoms with van der Waals surface area (Å²) in [5, 5.41) is 4.78. The molecule has 1 saturated heterocycles. The smallest absolute Gasteiger partial charge is 0.266 e. The first kappa shape index (κ1) is 25.3. The van der Waals surface area contributed by atoms with Crippen LogP contribution < -0.4 is 0 Å². The van der Waals surface area contributed by atoms with E-state index in [1.165, 1.54) is 30.2 Å². The van der Waals surface area contributed by atoms with Gasteiger partial charge in [0.1, 0.15) is 4.32 Å². The highest BCUT2D eigenvalue weighted by atomic mass is 32.2. The second-order valence-corrected chi connectivity index (χ2v) is 12.0. The maximum atomic E-state index is 13.0. The van der Waals surface area contributed by atoms with Crippen molar-refractivity contribution in [3.8, 4) is 16.9 Å². The van der Waals surface area contributed by atoms with Gasteiger partial charge in [0.2, 0.25) is 10.0 Å². The molecular formula is C25H26N4O3S3. The van der Waals surface area contributed by atoms with Crippen LogP contribution in [0.5, 0.6) is 0 Å². The largest absolute Gasteiger partial charge is 0.293 e. The molecule has 0 N–H and O–H groups in total. The van der Waals surface area contributed by atoms with E-state index in [4.69, 9.17) is 17.3 Å². The van der Waals surface area contributed by atoms with Crippen LogP contribution in [-0.4, -0.2) is 58.3 Å². The third-order valence-electron chi connectivity index (χ3n) is 5.55. The fraction of sp³-hybridized carbons (Fsp3) is 0.240. The number of hydrogen-bond acceptors (Lipinski definition) is 6. The third-order valence-corrected chi connectivity index (χ3v) is 8.76. The SMILES string of the molecule is CCCCN1C(=O)/C(=C\c2cc(-c3ccc(S(=O)(=O)N(C)C)cc3)nn2-c2ccccc2)SC1=S. The van der Waals surface area contributed by atoms with Crippen LogP contribution in [0.4, 0.5) is 0 Å². The lowest BCUT2D eigenvalue weighted by Crippen LogP contribution is -2.28. The number of carbonyl (C=O) groups excluding carboxylic acids is 1. The van der Waals surface area contributed by atoms with Crippen molar-refractivity contribution in [2.75, 3.05) is 20.6 Å². The first-order chi connectivity index (χ1) is 16.7. The van der Waals surface area contributed by atoms with Gasteiger partial charge in [0.25, 0.3) is 5.91 Å². The van der Waals surface area contributed by atoms with E-state index in [9.17, 15) is 13.2 Å². The van der Waals surface area contributed by atoms with Crippen LogP contribution in [-0.2, 0) is 14.8 Å². The summed E-state index contributed by atoms with van der Waals surface area (Å²) in [5.74, 6) is -0.0888. The summed E-state index contributed by atoms with van der Waals surface area (Å²) in [6.07, 6.45) is 3.69. The molecule has 2 aromatic carbocycles. The Kier molecular flexibility index (Phi) is 7.56. The van der Waals surface area contributed by atoms with Gasteiger partial charge in [-0.15, -0.1) is 0 Å². The maximum Gasteiger partial charge on any atom is 0.266 e. The molecule has 1 fully saturated rings. The van der Waals surface area contributed by atoms with Gasteiger partial charge in [-0.3, -0.25) is 9.69 Å². The number of nitrogens with zero attached hydrogens (tertiary/aromatic N) is 4. The fourth-order valence-corrected chi connectivity index (χ4v) is 5.76. The van der Waals surface area contributed by atoms with Crippen LogP contribution in [0, 0.1) is 0 Å². The summed E-state index contributed by atoms with van der Waals surface area (Å²) in [7, 11) is -0.516. The molecule has 0 spiro atoms. The average Bonchev–Trinajstić information content (AvgIpc) is 3.39. The van der Waals surface area contributed by atoms with Crippen LogP contribution in [0.15, 0.2) is 70.5 Å². The highest BCUT2D eigenvalue weighted by molar-refractivity contribution is 8.26. The number of sulfonamides is 1. The zero-order valence-electron chi connectivity index (χ0n) is 19.7. The third kappa shape index (κ3) is 5.25. The number of benzene rings is 2. The first-order valence-corrected chi connectivity index (χ1v) is 13.8. The number of hydrogen-bond donors (Lipinski definition) is 0. The zero-order valence-corrected chi connectivity index (χ0v) is 22.2. The summed E-state index contributed by atoms with van der Waals surface area (Å²) in [6.45, 7) is 2.69. The first-order valence-electron chi connectivity index (χ1n) is 11.2. The number of unbranched alkanes of at least 4 members (excludes halogenated alkanes) is 1. The van der Waals surface area contributed by atoms with E-state index in [2.05, 4.69) is 6.92 Å². The van der Waals surface area contributed by atoms with Crippen molar-refractivity contribution in [1.82, 2.24) is 19.0 Å². The Bertz CT molecular complexity index is 1380. The predicted molar refractivity (Wildman–Crippen MR) is 145 cm³/mol. The Hall–Kier alpha value is -2.79. The van der Waals surface area contributed by atoms with Gasteiger partial charge in [0, 0.05) is 26.2 Å². The van der Waals surface area contributed by atoms with Gasteiger partial charge in [-0.1, -0.05) is 67.7 Å². The molecule has 0 unspecified atom stereocenters. The number of aromatic nitrogens is 2. The molecule has 35 heavy (non-hydrogen) atoms. The lowest BCUT2D eigenvalue weighted by Gasteiger charge is -2.13. The molecule has 4 rings (SSSR count). The number of amides is 1. The standard InChI is InChI=1S/C25H26N4O3S3/c1-4-5-15-28-24(30)23(34-25(28)33)17-20-16-22(26-29(20)19-9-7-6-8-10-19)18-11-13-21(14-12-18)35(31,32)27(2)3/h6-14,16-17H,4-5,15H2,1-3H3/b23-17+. The van der Waals surface area contributed by atoms with Gasteiger partial charge < -0.3 is 0 Å². The Labute approximate surface area is 215 Å². The van der Waals surface area contributed by atoms with Crippen molar-refractivity contribution < 1.29 is 13.2 Å². The van der Waals surface area contributed by atoms with Crippen molar-refractivity contribution in [1.29, 1.82) is 0 Å². The van der Waals surface area contributed by atoms with Crippen molar-refractivity contribution in [2.45, 2.75) is 24.7 Å². The van der Waals surface area contributed by atoms with Crippen LogP contribution >= 0.6 is 24.0 Å². The summed E-state index contributed by atoms with van der Waals surface area (Å²) in [6, 6.07) is 18.2. The molecule has 1 aliphatic heterocycles. The topological polar surface area (TPSA) is 75.5 Å². The van der Waals surface area contributed by atoms with Crippen LogP contribution in [0.25, 0.3) is 23.0 Å². The molecule has 7 nitrogen and oxygen atoms in total. The van der Waals surface area contributed by atoms with E-state index in [1.54, 1.807) is 33.8 Å². The molecule has 2 heterocycles. The Balaban J connectivity index is 1.74. The Morgan fingerprint density at radius 1 is 1.09 bits per heavy atom. The quantitative estimate of drug-likeness (QED) is 0.310. The number of carbonyl (C=O) groups is 1. The van der Waals surface area contributed by atoms with Crippen LogP contribution in [0.2, 0.25) is 0 Å². The van der Waals surface area contributed by atoms with Crippen LogP contribution in [0.3, 0.4) is 0 Å². The van der Waals surface area contributed by atoms with Gasteiger partial charge in [-0.2, -0.15) is 5.10 Å². The number of rotatable bonds is 8. The highest BCUT2D eigenvalue weighted by Gasteiger charge is 2.32. The molecule has 10 heteroatoms. The second-order valence-electron chi connectivity index (χ2n) is 8.20. The van der Waals surface area contributed by atoms with Crippen molar-refractivity contribution >= 4 is 50.3 Å². The lowest BCUT2D eigenvalue weighted by atomic mass is 10.1. The van der Waals surface area contributed by atoms with Gasteiger partial charge in [0.15, 0.2) is 0 Å². The fourth-order valence-electron chi connectivity index (χ4n) is 3.57. The van der Waals surface area contributed by atoms with Gasteiger partial charge in [-0.25, -0.2) is 17.4 Å². The van der Waals surface area contributed by atoms with Crippen molar-refractivity contribution in [3.05, 3.63) is 71.3 Å². The summed E-state index contributed by atoms with van der Waals surface area (Å²) in [5.41, 5.74) is 3.00. The minimum absolute atomic E-state index is 0.0888. The number of para-hydroxylation sites is 1. The van der Waals surface area contributed by atoms with E-state index < -0.39 is 10.0 Å². The highest BCUT2D eigenvalue weighted by Crippen LogP contribution is 2.34. The molecule has 1 amide bonds. The van der Waals surface area contributed by atoms with E-state index in [0.717, 1.165) is 29.8 Å². The average molecular weight is 527 g/mol. The molecule has 0 saturated carbocycles. The molecule has 1 aromatic heterocycles. The number of thioether (sulfide) groups is 1. The molecule has 0 bridgehead atoms. The molecule has 182 valence electrons. The second kappa shape index (κ2) is 10.4. The van der Waals surface area contributed by atoms with Crippen LogP contribution in [0.1, 0.15) is 25.5 Å². The minimum atomic E-state index is -3.52. The lowest BCUT2D eigenvalue weighted by molar-refractivity contribution is -0.122. The van der Waals surface area contributed by atoms with E-state index in [-0.39, 0.29) is 10.8 Å². The minimum Gasteiger partial charge on any atom is -0.293 e. The molecule has 0 aliphatic carbocycles. The van der Waals surface area contributed by atoms with Gasteiger partial charge >= 0.3 is 0 Å². The summed E-state index contributed by atoms with van der Waals surface area (Å²) in [4.78, 5) is 15.4.